The van der Waals surface area contributed by atoms with Crippen LogP contribution in [0, 0.1) is 0 Å². The number of aromatic carboxylic acids is 1. The van der Waals surface area contributed by atoms with E-state index in [2.05, 4.69) is 20.9 Å². The standard InChI is InChI=1S/C20H17BrN2O4S/c1-3-23-18(24)17(11-13-10-14(21)6-9-16(13)27-2)28-20(23)22-15-7-4-12(5-8-15)19(25)26/h4-11H,3H2,1-2H3,(H,25,26)/b17-11-,22-20?. The number of carboxylic acids is 1. The summed E-state index contributed by atoms with van der Waals surface area (Å²) in [7, 11) is 1.58. The van der Waals surface area contributed by atoms with Crippen molar-refractivity contribution in [3.63, 3.8) is 0 Å². The Labute approximate surface area is 175 Å². The van der Waals surface area contributed by atoms with Crippen LogP contribution in [0.3, 0.4) is 0 Å². The van der Waals surface area contributed by atoms with E-state index in [0.29, 0.717) is 28.1 Å². The summed E-state index contributed by atoms with van der Waals surface area (Å²) in [6, 6.07) is 11.8. The third-order valence-electron chi connectivity index (χ3n) is 4.02. The molecule has 2 aromatic carbocycles. The molecule has 2 aromatic rings. The Morgan fingerprint density at radius 1 is 1.29 bits per heavy atom. The van der Waals surface area contributed by atoms with Crippen LogP contribution in [0.1, 0.15) is 22.8 Å². The van der Waals surface area contributed by atoms with Gasteiger partial charge in [-0.2, -0.15) is 0 Å². The van der Waals surface area contributed by atoms with Crippen molar-refractivity contribution < 1.29 is 19.4 Å². The minimum atomic E-state index is -0.993. The Kier molecular flexibility index (Phi) is 6.21. The highest BCUT2D eigenvalue weighted by Gasteiger charge is 2.32. The van der Waals surface area contributed by atoms with Crippen molar-refractivity contribution in [3.05, 3.63) is 63.0 Å². The lowest BCUT2D eigenvalue weighted by Gasteiger charge is -2.12. The van der Waals surface area contributed by atoms with Crippen molar-refractivity contribution in [2.24, 2.45) is 4.99 Å². The fraction of sp³-hybridized carbons (Fsp3) is 0.150. The Bertz CT molecular complexity index is 986. The average Bonchev–Trinajstić information content (AvgIpc) is 2.96. The van der Waals surface area contributed by atoms with Crippen LogP contribution in [0.2, 0.25) is 0 Å². The molecule has 3 rings (SSSR count). The maximum atomic E-state index is 12.8. The van der Waals surface area contributed by atoms with E-state index in [-0.39, 0.29) is 11.5 Å². The molecule has 1 aliphatic heterocycles. The van der Waals surface area contributed by atoms with Gasteiger partial charge in [0.15, 0.2) is 5.17 Å². The van der Waals surface area contributed by atoms with E-state index in [1.54, 1.807) is 30.2 Å². The van der Waals surface area contributed by atoms with E-state index in [9.17, 15) is 9.59 Å². The predicted octanol–water partition coefficient (Wildman–Crippen LogP) is 4.78. The van der Waals surface area contributed by atoms with E-state index in [4.69, 9.17) is 9.84 Å². The summed E-state index contributed by atoms with van der Waals surface area (Å²) in [5.41, 5.74) is 1.56. The van der Waals surface area contributed by atoms with Gasteiger partial charge in [0.25, 0.3) is 5.91 Å². The molecule has 0 atom stereocenters. The molecule has 0 bridgehead atoms. The third kappa shape index (κ3) is 4.28. The van der Waals surface area contributed by atoms with Crippen LogP contribution in [-0.2, 0) is 4.79 Å². The molecular weight excluding hydrogens is 444 g/mol. The largest absolute Gasteiger partial charge is 0.496 e. The molecule has 0 radical (unpaired) electrons. The number of ether oxygens (including phenoxy) is 1. The molecule has 28 heavy (non-hydrogen) atoms. The molecule has 0 unspecified atom stereocenters. The third-order valence-corrected chi connectivity index (χ3v) is 5.52. The van der Waals surface area contributed by atoms with Gasteiger partial charge in [-0.05, 0) is 67.2 Å². The van der Waals surface area contributed by atoms with Crippen molar-refractivity contribution in [2.45, 2.75) is 6.92 Å². The highest BCUT2D eigenvalue weighted by atomic mass is 79.9. The molecule has 1 saturated heterocycles. The van der Waals surface area contributed by atoms with Crippen molar-refractivity contribution in [1.82, 2.24) is 4.90 Å². The fourth-order valence-corrected chi connectivity index (χ4v) is 4.05. The Balaban J connectivity index is 1.94. The smallest absolute Gasteiger partial charge is 0.335 e. The second-order valence-corrected chi connectivity index (χ2v) is 7.72. The van der Waals surface area contributed by atoms with Gasteiger partial charge in [0.05, 0.1) is 23.3 Å². The number of likely N-dealkylation sites (N-methyl/N-ethyl adjacent to an activating group) is 1. The lowest BCUT2D eigenvalue weighted by Crippen LogP contribution is -2.28. The van der Waals surface area contributed by atoms with Gasteiger partial charge in [0, 0.05) is 16.6 Å². The van der Waals surface area contributed by atoms with Crippen LogP contribution in [0.5, 0.6) is 5.75 Å². The number of carboxylic acid groups (broad SMARTS) is 1. The van der Waals surface area contributed by atoms with Gasteiger partial charge >= 0.3 is 5.97 Å². The molecule has 0 aliphatic carbocycles. The number of benzene rings is 2. The molecule has 6 nitrogen and oxygen atoms in total. The second-order valence-electron chi connectivity index (χ2n) is 5.79. The second kappa shape index (κ2) is 8.62. The molecular formula is C20H17BrN2O4S. The maximum absolute atomic E-state index is 12.8. The monoisotopic (exact) mass is 460 g/mol. The van der Waals surface area contributed by atoms with Gasteiger partial charge in [-0.15, -0.1) is 0 Å². The first-order valence-electron chi connectivity index (χ1n) is 8.40. The molecule has 0 spiro atoms. The Morgan fingerprint density at radius 2 is 2.00 bits per heavy atom. The van der Waals surface area contributed by atoms with Crippen LogP contribution < -0.4 is 4.74 Å². The number of halogens is 1. The summed E-state index contributed by atoms with van der Waals surface area (Å²) < 4.78 is 6.26. The molecule has 1 aliphatic rings. The van der Waals surface area contributed by atoms with Gasteiger partial charge in [0.2, 0.25) is 0 Å². The number of hydrogen-bond donors (Lipinski definition) is 1. The maximum Gasteiger partial charge on any atom is 0.335 e. The Hall–Kier alpha value is -2.58. The van der Waals surface area contributed by atoms with Crippen LogP contribution in [-0.4, -0.2) is 40.7 Å². The zero-order valence-electron chi connectivity index (χ0n) is 15.2. The van der Waals surface area contributed by atoms with Crippen molar-refractivity contribution >= 4 is 56.5 Å². The number of carbonyl (C=O) groups is 2. The van der Waals surface area contributed by atoms with E-state index < -0.39 is 5.97 Å². The Morgan fingerprint density at radius 3 is 2.61 bits per heavy atom. The van der Waals surface area contributed by atoms with E-state index in [1.165, 1.54) is 23.9 Å². The van der Waals surface area contributed by atoms with Crippen LogP contribution >= 0.6 is 27.7 Å². The van der Waals surface area contributed by atoms with Gasteiger partial charge in [0.1, 0.15) is 5.75 Å². The number of amidine groups is 1. The van der Waals surface area contributed by atoms with Gasteiger partial charge in [-0.25, -0.2) is 9.79 Å². The number of thioether (sulfide) groups is 1. The minimum absolute atomic E-state index is 0.129. The first-order chi connectivity index (χ1) is 13.4. The number of rotatable bonds is 5. The molecule has 1 N–H and O–H groups in total. The summed E-state index contributed by atoms with van der Waals surface area (Å²) in [5, 5.41) is 9.55. The van der Waals surface area contributed by atoms with E-state index in [0.717, 1.165) is 10.0 Å². The van der Waals surface area contributed by atoms with E-state index >= 15 is 0 Å². The normalized spacial score (nSPS) is 16.8. The summed E-state index contributed by atoms with van der Waals surface area (Å²) in [5.74, 6) is -0.453. The quantitative estimate of drug-likeness (QED) is 0.649. The molecule has 0 saturated carbocycles. The van der Waals surface area contributed by atoms with Crippen LogP contribution in [0.15, 0.2) is 56.8 Å². The molecule has 8 heteroatoms. The number of nitrogens with zero attached hydrogens (tertiary/aromatic N) is 2. The summed E-state index contributed by atoms with van der Waals surface area (Å²) in [4.78, 5) is 30.4. The summed E-state index contributed by atoms with van der Waals surface area (Å²) in [6.45, 7) is 2.36. The zero-order valence-corrected chi connectivity index (χ0v) is 17.6. The van der Waals surface area contributed by atoms with E-state index in [1.807, 2.05) is 25.1 Å². The summed E-state index contributed by atoms with van der Waals surface area (Å²) in [6.07, 6.45) is 1.79. The van der Waals surface area contributed by atoms with Crippen molar-refractivity contribution in [2.75, 3.05) is 13.7 Å². The lowest BCUT2D eigenvalue weighted by molar-refractivity contribution is -0.122. The number of carbonyl (C=O) groups excluding carboxylic acids is 1. The van der Waals surface area contributed by atoms with Gasteiger partial charge in [-0.1, -0.05) is 15.9 Å². The van der Waals surface area contributed by atoms with Gasteiger partial charge < -0.3 is 9.84 Å². The number of amides is 1. The van der Waals surface area contributed by atoms with Crippen LogP contribution in [0.4, 0.5) is 5.69 Å². The summed E-state index contributed by atoms with van der Waals surface area (Å²) >= 11 is 4.71. The van der Waals surface area contributed by atoms with Crippen LogP contribution in [0.25, 0.3) is 6.08 Å². The zero-order chi connectivity index (χ0) is 20.3. The topological polar surface area (TPSA) is 79.2 Å². The minimum Gasteiger partial charge on any atom is -0.496 e. The lowest BCUT2D eigenvalue weighted by atomic mass is 10.2. The first-order valence-corrected chi connectivity index (χ1v) is 10.0. The first kappa shape index (κ1) is 20.2. The number of methoxy groups -OCH3 is 1. The highest BCUT2D eigenvalue weighted by Crippen LogP contribution is 2.36. The molecule has 1 fully saturated rings. The molecule has 1 heterocycles. The van der Waals surface area contributed by atoms with Crippen molar-refractivity contribution in [3.8, 4) is 5.75 Å². The molecule has 1 amide bonds. The predicted molar refractivity (Wildman–Crippen MR) is 114 cm³/mol. The fourth-order valence-electron chi connectivity index (χ4n) is 2.62. The molecule has 144 valence electrons. The highest BCUT2D eigenvalue weighted by molar-refractivity contribution is 9.10. The number of hydrogen-bond acceptors (Lipinski definition) is 5. The SMILES string of the molecule is CCN1C(=O)/C(=C/c2cc(Br)ccc2OC)SC1=Nc1ccc(C(=O)O)cc1. The molecule has 0 aromatic heterocycles. The average molecular weight is 461 g/mol. The van der Waals surface area contributed by atoms with Gasteiger partial charge in [-0.3, -0.25) is 9.69 Å². The van der Waals surface area contributed by atoms with Crippen molar-refractivity contribution in [1.29, 1.82) is 0 Å². The number of aliphatic imine (C=N–C) groups is 1.